The summed E-state index contributed by atoms with van der Waals surface area (Å²) >= 11 is 0. The minimum atomic E-state index is -0.320. The molecule has 0 bridgehead atoms. The Labute approximate surface area is 136 Å². The van der Waals surface area contributed by atoms with E-state index < -0.39 is 0 Å². The van der Waals surface area contributed by atoms with Crippen LogP contribution in [0.4, 0.5) is 0 Å². The van der Waals surface area contributed by atoms with Crippen molar-refractivity contribution in [2.75, 3.05) is 13.7 Å². The van der Waals surface area contributed by atoms with E-state index >= 15 is 0 Å². The second-order valence-electron chi connectivity index (χ2n) is 5.10. The third-order valence-corrected chi connectivity index (χ3v) is 3.51. The van der Waals surface area contributed by atoms with Gasteiger partial charge in [0.1, 0.15) is 6.10 Å². The van der Waals surface area contributed by atoms with Gasteiger partial charge in [-0.05, 0) is 36.6 Å². The van der Waals surface area contributed by atoms with Crippen LogP contribution in [0.2, 0.25) is 0 Å². The summed E-state index contributed by atoms with van der Waals surface area (Å²) in [5.74, 6) is -0.320. The Kier molecular flexibility index (Phi) is 6.06. The predicted octanol–water partition coefficient (Wildman–Crippen LogP) is 3.78. The van der Waals surface area contributed by atoms with Crippen molar-refractivity contribution in [3.05, 3.63) is 71.6 Å². The molecule has 0 spiro atoms. The third-order valence-electron chi connectivity index (χ3n) is 3.51. The summed E-state index contributed by atoms with van der Waals surface area (Å²) in [5, 5.41) is 0. The average molecular weight is 311 g/mol. The highest BCUT2D eigenvalue weighted by molar-refractivity contribution is 5.90. The third kappa shape index (κ3) is 4.50. The molecule has 1 aromatic heterocycles. The first-order chi connectivity index (χ1) is 11.2. The van der Waals surface area contributed by atoms with Crippen molar-refractivity contribution in [3.8, 4) is 0 Å². The Morgan fingerprint density at radius 3 is 2.52 bits per heavy atom. The van der Waals surface area contributed by atoms with Gasteiger partial charge in [0.05, 0.1) is 6.61 Å². The molecular weight excluding hydrogens is 290 g/mol. The van der Waals surface area contributed by atoms with Crippen LogP contribution in [0.3, 0.4) is 0 Å². The molecule has 1 aromatic carbocycles. The number of rotatable bonds is 6. The number of pyridine rings is 1. The summed E-state index contributed by atoms with van der Waals surface area (Å²) in [7, 11) is 1.68. The summed E-state index contributed by atoms with van der Waals surface area (Å²) in [4.78, 5) is 15.6. The molecule has 0 aliphatic heterocycles. The SMILES string of the molecule is CCOC(=O)C=C(C)c1ccc(C(OC)c2cccnc2)cc1. The number of esters is 1. The molecule has 2 aromatic rings. The lowest BCUT2D eigenvalue weighted by Gasteiger charge is -2.16. The number of methoxy groups -OCH3 is 1. The van der Waals surface area contributed by atoms with Gasteiger partial charge in [0, 0.05) is 31.1 Å². The van der Waals surface area contributed by atoms with Crippen molar-refractivity contribution in [3.63, 3.8) is 0 Å². The van der Waals surface area contributed by atoms with Crippen LogP contribution in [0.1, 0.15) is 36.6 Å². The van der Waals surface area contributed by atoms with Crippen molar-refractivity contribution in [2.45, 2.75) is 20.0 Å². The summed E-state index contributed by atoms with van der Waals surface area (Å²) < 4.78 is 10.5. The monoisotopic (exact) mass is 311 g/mol. The quantitative estimate of drug-likeness (QED) is 0.601. The van der Waals surface area contributed by atoms with Gasteiger partial charge in [-0.15, -0.1) is 0 Å². The molecule has 0 aliphatic carbocycles. The van der Waals surface area contributed by atoms with Gasteiger partial charge >= 0.3 is 5.97 Å². The lowest BCUT2D eigenvalue weighted by Crippen LogP contribution is -2.04. The fourth-order valence-electron chi connectivity index (χ4n) is 2.36. The Balaban J connectivity index is 2.20. The summed E-state index contributed by atoms with van der Waals surface area (Å²) in [5.41, 5.74) is 3.88. The molecular formula is C19H21NO3. The average Bonchev–Trinajstić information content (AvgIpc) is 2.57. The minimum absolute atomic E-state index is 0.160. The van der Waals surface area contributed by atoms with Gasteiger partial charge in [0.25, 0.3) is 0 Å². The fourth-order valence-corrected chi connectivity index (χ4v) is 2.36. The number of ether oxygens (including phenoxy) is 2. The van der Waals surface area contributed by atoms with E-state index in [1.807, 2.05) is 43.3 Å². The zero-order valence-corrected chi connectivity index (χ0v) is 13.7. The molecule has 4 nitrogen and oxygen atoms in total. The van der Waals surface area contributed by atoms with Crippen LogP contribution < -0.4 is 0 Å². The molecule has 1 atom stereocenters. The molecule has 0 radical (unpaired) electrons. The molecule has 0 saturated carbocycles. The van der Waals surface area contributed by atoms with E-state index in [0.29, 0.717) is 6.61 Å². The number of nitrogens with zero attached hydrogens (tertiary/aromatic N) is 1. The van der Waals surface area contributed by atoms with Crippen LogP contribution in [-0.2, 0) is 14.3 Å². The topological polar surface area (TPSA) is 48.4 Å². The fraction of sp³-hybridized carbons (Fsp3) is 0.263. The first-order valence-corrected chi connectivity index (χ1v) is 7.53. The maximum absolute atomic E-state index is 11.5. The van der Waals surface area contributed by atoms with Crippen molar-refractivity contribution in [1.29, 1.82) is 0 Å². The van der Waals surface area contributed by atoms with Crippen LogP contribution in [0.5, 0.6) is 0 Å². The van der Waals surface area contributed by atoms with Crippen LogP contribution in [-0.4, -0.2) is 24.7 Å². The molecule has 0 aliphatic rings. The van der Waals surface area contributed by atoms with E-state index in [4.69, 9.17) is 9.47 Å². The summed E-state index contributed by atoms with van der Waals surface area (Å²) in [6.07, 6.45) is 4.89. The highest BCUT2D eigenvalue weighted by atomic mass is 16.5. The Morgan fingerprint density at radius 2 is 1.96 bits per heavy atom. The lowest BCUT2D eigenvalue weighted by molar-refractivity contribution is -0.137. The van der Waals surface area contributed by atoms with Gasteiger partial charge in [-0.1, -0.05) is 30.3 Å². The van der Waals surface area contributed by atoms with Gasteiger partial charge in [0.2, 0.25) is 0 Å². The van der Waals surface area contributed by atoms with E-state index in [1.165, 1.54) is 6.08 Å². The van der Waals surface area contributed by atoms with E-state index in [2.05, 4.69) is 4.98 Å². The maximum atomic E-state index is 11.5. The number of allylic oxidation sites excluding steroid dienone is 1. The number of aromatic nitrogens is 1. The first kappa shape index (κ1) is 16.9. The second-order valence-corrected chi connectivity index (χ2v) is 5.10. The van der Waals surface area contributed by atoms with E-state index in [1.54, 1.807) is 26.4 Å². The largest absolute Gasteiger partial charge is 0.463 e. The molecule has 120 valence electrons. The molecule has 1 unspecified atom stereocenters. The van der Waals surface area contributed by atoms with E-state index in [9.17, 15) is 4.79 Å². The minimum Gasteiger partial charge on any atom is -0.463 e. The highest BCUT2D eigenvalue weighted by Gasteiger charge is 2.13. The molecule has 0 fully saturated rings. The first-order valence-electron chi connectivity index (χ1n) is 7.53. The van der Waals surface area contributed by atoms with Crippen LogP contribution >= 0.6 is 0 Å². The smallest absolute Gasteiger partial charge is 0.331 e. The standard InChI is InChI=1S/C19H21NO3/c1-4-23-18(21)12-14(2)15-7-9-16(10-8-15)19(22-3)17-6-5-11-20-13-17/h5-13,19H,4H2,1-3H3. The number of carbonyl (C=O) groups is 1. The normalized spacial score (nSPS) is 12.7. The van der Waals surface area contributed by atoms with E-state index in [0.717, 1.165) is 22.3 Å². The van der Waals surface area contributed by atoms with Crippen molar-refractivity contribution in [1.82, 2.24) is 4.98 Å². The van der Waals surface area contributed by atoms with Crippen LogP contribution in [0, 0.1) is 0 Å². The number of hydrogen-bond acceptors (Lipinski definition) is 4. The van der Waals surface area contributed by atoms with Crippen molar-refractivity contribution in [2.24, 2.45) is 0 Å². The molecule has 2 rings (SSSR count). The summed E-state index contributed by atoms with van der Waals surface area (Å²) in [6, 6.07) is 11.8. The van der Waals surface area contributed by atoms with Crippen molar-refractivity contribution < 1.29 is 14.3 Å². The summed E-state index contributed by atoms with van der Waals surface area (Å²) in [6.45, 7) is 4.06. The van der Waals surface area contributed by atoms with Gasteiger partial charge in [0.15, 0.2) is 0 Å². The predicted molar refractivity (Wildman–Crippen MR) is 89.8 cm³/mol. The van der Waals surface area contributed by atoms with Gasteiger partial charge in [-0.3, -0.25) is 4.98 Å². The van der Waals surface area contributed by atoms with Gasteiger partial charge < -0.3 is 9.47 Å². The zero-order chi connectivity index (χ0) is 16.7. The highest BCUT2D eigenvalue weighted by Crippen LogP contribution is 2.26. The lowest BCUT2D eigenvalue weighted by atomic mass is 9.99. The van der Waals surface area contributed by atoms with Gasteiger partial charge in [-0.2, -0.15) is 0 Å². The van der Waals surface area contributed by atoms with Crippen LogP contribution in [0.25, 0.3) is 5.57 Å². The van der Waals surface area contributed by atoms with E-state index in [-0.39, 0.29) is 12.1 Å². The maximum Gasteiger partial charge on any atom is 0.331 e. The Morgan fingerprint density at radius 1 is 1.22 bits per heavy atom. The zero-order valence-electron chi connectivity index (χ0n) is 13.7. The van der Waals surface area contributed by atoms with Crippen molar-refractivity contribution >= 4 is 11.5 Å². The molecule has 0 N–H and O–H groups in total. The number of benzene rings is 1. The number of carbonyl (C=O) groups excluding carboxylic acids is 1. The Hall–Kier alpha value is -2.46. The van der Waals surface area contributed by atoms with Crippen LogP contribution in [0.15, 0.2) is 54.9 Å². The molecule has 0 amide bonds. The molecule has 23 heavy (non-hydrogen) atoms. The Bertz CT molecular complexity index is 663. The van der Waals surface area contributed by atoms with Gasteiger partial charge in [-0.25, -0.2) is 4.79 Å². The number of hydrogen-bond donors (Lipinski definition) is 0. The molecule has 0 saturated heterocycles. The molecule has 1 heterocycles. The second kappa shape index (κ2) is 8.25. The molecule has 4 heteroatoms.